The van der Waals surface area contributed by atoms with Gasteiger partial charge in [-0.1, -0.05) is 0 Å². The van der Waals surface area contributed by atoms with Crippen molar-refractivity contribution in [2.75, 3.05) is 31.1 Å². The summed E-state index contributed by atoms with van der Waals surface area (Å²) in [6, 6.07) is 0. The Balaban J connectivity index is 2.33. The normalized spacial score (nSPS) is 17.6. The van der Waals surface area contributed by atoms with Crippen molar-refractivity contribution in [1.29, 1.82) is 0 Å². The molecule has 6 nitrogen and oxygen atoms in total. The molecule has 1 aromatic rings. The van der Waals surface area contributed by atoms with E-state index in [0.29, 0.717) is 42.5 Å². The minimum Gasteiger partial charge on any atom is -0.330 e. The number of thioether (sulfide) groups is 1. The summed E-state index contributed by atoms with van der Waals surface area (Å²) in [7, 11) is -3.42. The second kappa shape index (κ2) is 6.46. The van der Waals surface area contributed by atoms with Crippen LogP contribution in [0.15, 0.2) is 4.90 Å². The standard InChI is InChI=1S/C12H22N4O2S2/c1-10-12(11(2)16(14-10)5-3-4-13)20(17,18)15-6-8-19-9-7-15/h3-9,13H2,1-2H3. The van der Waals surface area contributed by atoms with Gasteiger partial charge in [0.05, 0.1) is 11.4 Å². The summed E-state index contributed by atoms with van der Waals surface area (Å²) in [4.78, 5) is 0.376. The van der Waals surface area contributed by atoms with E-state index in [9.17, 15) is 8.42 Å². The Bertz CT molecular complexity index is 562. The maximum Gasteiger partial charge on any atom is 0.246 e. The van der Waals surface area contributed by atoms with Crippen LogP contribution in [-0.4, -0.2) is 53.6 Å². The Morgan fingerprint density at radius 1 is 1.30 bits per heavy atom. The van der Waals surface area contributed by atoms with Crippen molar-refractivity contribution < 1.29 is 8.42 Å². The molecule has 0 spiro atoms. The molecule has 2 rings (SSSR count). The fourth-order valence-electron chi connectivity index (χ4n) is 2.43. The smallest absolute Gasteiger partial charge is 0.246 e. The lowest BCUT2D eigenvalue weighted by atomic mass is 10.4. The van der Waals surface area contributed by atoms with Gasteiger partial charge >= 0.3 is 0 Å². The quantitative estimate of drug-likeness (QED) is 0.859. The molecule has 1 aliphatic heterocycles. The Morgan fingerprint density at radius 3 is 2.55 bits per heavy atom. The average molecular weight is 318 g/mol. The van der Waals surface area contributed by atoms with Crippen molar-refractivity contribution in [3.05, 3.63) is 11.4 Å². The third-order valence-corrected chi connectivity index (χ3v) is 6.55. The first-order valence-corrected chi connectivity index (χ1v) is 9.40. The maximum atomic E-state index is 12.8. The fraction of sp³-hybridized carbons (Fsp3) is 0.750. The first-order valence-electron chi connectivity index (χ1n) is 6.80. The number of hydrogen-bond donors (Lipinski definition) is 1. The molecule has 1 saturated heterocycles. The van der Waals surface area contributed by atoms with Crippen LogP contribution in [0.25, 0.3) is 0 Å². The molecule has 2 heterocycles. The van der Waals surface area contributed by atoms with E-state index < -0.39 is 10.0 Å². The van der Waals surface area contributed by atoms with Crippen LogP contribution in [0.2, 0.25) is 0 Å². The minimum atomic E-state index is -3.42. The van der Waals surface area contributed by atoms with Gasteiger partial charge in [0, 0.05) is 31.1 Å². The van der Waals surface area contributed by atoms with Crippen LogP contribution in [0, 0.1) is 13.8 Å². The van der Waals surface area contributed by atoms with Gasteiger partial charge < -0.3 is 5.73 Å². The second-order valence-electron chi connectivity index (χ2n) is 4.88. The van der Waals surface area contributed by atoms with Crippen LogP contribution < -0.4 is 5.73 Å². The van der Waals surface area contributed by atoms with Gasteiger partial charge in [0.25, 0.3) is 0 Å². The molecule has 0 aromatic carbocycles. The number of aryl methyl sites for hydroxylation is 2. The third kappa shape index (κ3) is 3.03. The molecule has 8 heteroatoms. The number of nitrogens with two attached hydrogens (primary N) is 1. The van der Waals surface area contributed by atoms with Gasteiger partial charge in [-0.3, -0.25) is 4.68 Å². The maximum absolute atomic E-state index is 12.8. The molecule has 0 atom stereocenters. The molecule has 1 fully saturated rings. The van der Waals surface area contributed by atoms with E-state index in [0.717, 1.165) is 17.9 Å². The molecule has 0 unspecified atom stereocenters. The molecule has 1 aromatic heterocycles. The molecule has 0 aliphatic carbocycles. The van der Waals surface area contributed by atoms with Gasteiger partial charge in [-0.05, 0) is 26.8 Å². The number of sulfonamides is 1. The van der Waals surface area contributed by atoms with Crippen LogP contribution in [0.4, 0.5) is 0 Å². The molecule has 20 heavy (non-hydrogen) atoms. The van der Waals surface area contributed by atoms with Crippen molar-refractivity contribution >= 4 is 21.8 Å². The van der Waals surface area contributed by atoms with E-state index in [-0.39, 0.29) is 0 Å². The van der Waals surface area contributed by atoms with Gasteiger partial charge in [0.2, 0.25) is 10.0 Å². The molecule has 0 bridgehead atoms. The molecule has 0 radical (unpaired) electrons. The third-order valence-electron chi connectivity index (χ3n) is 3.46. The predicted molar refractivity (Wildman–Crippen MR) is 81.5 cm³/mol. The second-order valence-corrected chi connectivity index (χ2v) is 7.98. The van der Waals surface area contributed by atoms with Gasteiger partial charge in [-0.25, -0.2) is 8.42 Å². The van der Waals surface area contributed by atoms with Crippen molar-refractivity contribution in [3.63, 3.8) is 0 Å². The zero-order chi connectivity index (χ0) is 14.8. The highest BCUT2D eigenvalue weighted by atomic mass is 32.2. The summed E-state index contributed by atoms with van der Waals surface area (Å²) in [6.07, 6.45) is 0.793. The van der Waals surface area contributed by atoms with Gasteiger partial charge in [-0.15, -0.1) is 0 Å². The van der Waals surface area contributed by atoms with Gasteiger partial charge in [0.1, 0.15) is 4.90 Å². The lowest BCUT2D eigenvalue weighted by Crippen LogP contribution is -2.38. The molecule has 1 aliphatic rings. The summed E-state index contributed by atoms with van der Waals surface area (Å²) < 4.78 is 28.8. The molecule has 114 valence electrons. The summed E-state index contributed by atoms with van der Waals surface area (Å²) in [5.74, 6) is 1.72. The van der Waals surface area contributed by atoms with E-state index in [4.69, 9.17) is 5.73 Å². The number of nitrogens with zero attached hydrogens (tertiary/aromatic N) is 3. The molecule has 0 saturated carbocycles. The highest BCUT2D eigenvalue weighted by Gasteiger charge is 2.31. The zero-order valence-corrected chi connectivity index (χ0v) is 13.6. The lowest BCUT2D eigenvalue weighted by Gasteiger charge is -2.25. The lowest BCUT2D eigenvalue weighted by molar-refractivity contribution is 0.442. The highest BCUT2D eigenvalue weighted by Crippen LogP contribution is 2.25. The fourth-order valence-corrected chi connectivity index (χ4v) is 5.38. The Hall–Kier alpha value is -0.570. The molecule has 0 amide bonds. The Kier molecular flexibility index (Phi) is 5.11. The van der Waals surface area contributed by atoms with Crippen LogP contribution in [0.5, 0.6) is 0 Å². The monoisotopic (exact) mass is 318 g/mol. The predicted octanol–water partition coefficient (Wildman–Crippen LogP) is 0.586. The number of aromatic nitrogens is 2. The van der Waals surface area contributed by atoms with E-state index in [1.165, 1.54) is 0 Å². The van der Waals surface area contributed by atoms with Crippen molar-refractivity contribution in [3.8, 4) is 0 Å². The van der Waals surface area contributed by atoms with E-state index in [2.05, 4.69) is 5.10 Å². The summed E-state index contributed by atoms with van der Waals surface area (Å²) >= 11 is 1.79. The van der Waals surface area contributed by atoms with Crippen molar-refractivity contribution in [2.45, 2.75) is 31.7 Å². The van der Waals surface area contributed by atoms with Crippen LogP contribution >= 0.6 is 11.8 Å². The summed E-state index contributed by atoms with van der Waals surface area (Å²) in [6.45, 7) is 5.98. The van der Waals surface area contributed by atoms with E-state index in [1.54, 1.807) is 27.7 Å². The largest absolute Gasteiger partial charge is 0.330 e. The average Bonchev–Trinajstić information content (AvgIpc) is 2.72. The molecule has 2 N–H and O–H groups in total. The van der Waals surface area contributed by atoms with Gasteiger partial charge in [-0.2, -0.15) is 21.2 Å². The minimum absolute atomic E-state index is 0.376. The molecular formula is C12H22N4O2S2. The molecular weight excluding hydrogens is 296 g/mol. The van der Waals surface area contributed by atoms with E-state index in [1.807, 2.05) is 6.92 Å². The Morgan fingerprint density at radius 2 is 1.95 bits per heavy atom. The zero-order valence-electron chi connectivity index (χ0n) is 12.0. The number of hydrogen-bond acceptors (Lipinski definition) is 5. The van der Waals surface area contributed by atoms with Crippen LogP contribution in [0.3, 0.4) is 0 Å². The SMILES string of the molecule is Cc1nn(CCCN)c(C)c1S(=O)(=O)N1CCSCC1. The number of rotatable bonds is 5. The van der Waals surface area contributed by atoms with Crippen molar-refractivity contribution in [2.24, 2.45) is 5.73 Å². The van der Waals surface area contributed by atoms with E-state index >= 15 is 0 Å². The summed E-state index contributed by atoms with van der Waals surface area (Å²) in [5.41, 5.74) is 6.80. The van der Waals surface area contributed by atoms with Crippen LogP contribution in [-0.2, 0) is 16.6 Å². The Labute approximate surface area is 124 Å². The highest BCUT2D eigenvalue weighted by molar-refractivity contribution is 7.99. The van der Waals surface area contributed by atoms with Crippen molar-refractivity contribution in [1.82, 2.24) is 14.1 Å². The first-order chi connectivity index (χ1) is 9.48. The van der Waals surface area contributed by atoms with Crippen LogP contribution in [0.1, 0.15) is 17.8 Å². The first kappa shape index (κ1) is 15.8. The van der Waals surface area contributed by atoms with Gasteiger partial charge in [0.15, 0.2) is 0 Å². The summed E-state index contributed by atoms with van der Waals surface area (Å²) in [5, 5.41) is 4.36. The topological polar surface area (TPSA) is 81.2 Å².